The normalized spacial score (nSPS) is 14.2. The average Bonchev–Trinajstić information content (AvgIpc) is 3.25. The first kappa shape index (κ1) is 16.9. The van der Waals surface area contributed by atoms with Crippen molar-refractivity contribution in [2.24, 2.45) is 0 Å². The molecule has 132 valence electrons. The fourth-order valence-electron chi connectivity index (χ4n) is 3.45. The lowest BCUT2D eigenvalue weighted by atomic mass is 9.97. The lowest BCUT2D eigenvalue weighted by Crippen LogP contribution is -3.05. The molecule has 25 heavy (non-hydrogen) atoms. The van der Waals surface area contributed by atoms with Crippen molar-refractivity contribution in [3.8, 4) is 10.7 Å². The van der Waals surface area contributed by atoms with Crippen molar-refractivity contribution in [2.75, 3.05) is 32.5 Å². The summed E-state index contributed by atoms with van der Waals surface area (Å²) in [5, 5.41) is 7.01. The molecule has 0 saturated carbocycles. The summed E-state index contributed by atoms with van der Waals surface area (Å²) in [5.74, 6) is 1.91. The topological polar surface area (TPSA) is 42.2 Å². The first-order valence-electron chi connectivity index (χ1n) is 9.11. The zero-order valence-corrected chi connectivity index (χ0v) is 16.5. The molecule has 0 bridgehead atoms. The summed E-state index contributed by atoms with van der Waals surface area (Å²) in [6.07, 6.45) is 6.12. The molecule has 0 saturated heterocycles. The van der Waals surface area contributed by atoms with Crippen LogP contribution in [-0.2, 0) is 12.8 Å². The zero-order valence-electron chi connectivity index (χ0n) is 14.9. The quantitative estimate of drug-likeness (QED) is 0.652. The number of anilines is 1. The summed E-state index contributed by atoms with van der Waals surface area (Å²) in [6, 6.07) is 4.18. The number of hydrogen-bond donors (Lipinski definition) is 2. The summed E-state index contributed by atoms with van der Waals surface area (Å²) in [5.41, 5.74) is 1.50. The van der Waals surface area contributed by atoms with Crippen LogP contribution in [-0.4, -0.2) is 37.2 Å². The van der Waals surface area contributed by atoms with E-state index in [1.165, 1.54) is 53.0 Å². The Balaban J connectivity index is 1.72. The van der Waals surface area contributed by atoms with Gasteiger partial charge in [0.15, 0.2) is 5.82 Å². The number of fused-ring (bicyclic) bond motifs is 3. The van der Waals surface area contributed by atoms with Gasteiger partial charge < -0.3 is 10.2 Å². The number of nitrogens with zero attached hydrogens (tertiary/aromatic N) is 2. The number of quaternary nitrogens is 1. The minimum atomic E-state index is 0.863. The Labute approximate surface area is 156 Å². The third-order valence-electron chi connectivity index (χ3n) is 4.70. The maximum Gasteiger partial charge on any atom is 0.173 e. The van der Waals surface area contributed by atoms with E-state index in [-0.39, 0.29) is 0 Å². The van der Waals surface area contributed by atoms with Crippen LogP contribution in [0.2, 0.25) is 0 Å². The van der Waals surface area contributed by atoms with Crippen molar-refractivity contribution in [1.82, 2.24) is 9.97 Å². The van der Waals surface area contributed by atoms with Crippen molar-refractivity contribution in [2.45, 2.75) is 32.1 Å². The molecule has 3 aromatic rings. The minimum absolute atomic E-state index is 0.863. The van der Waals surface area contributed by atoms with Gasteiger partial charge in [0.2, 0.25) is 0 Å². The number of thiophene rings is 2. The van der Waals surface area contributed by atoms with Crippen LogP contribution in [0, 0.1) is 0 Å². The molecule has 4 nitrogen and oxygen atoms in total. The van der Waals surface area contributed by atoms with E-state index in [9.17, 15) is 0 Å². The SMILES string of the molecule is C[NH+](C)CCCNc1nc(-c2cccs2)nc2sc3c(c12)CCCC3. The fourth-order valence-corrected chi connectivity index (χ4v) is 5.37. The third kappa shape index (κ3) is 3.57. The Kier molecular flexibility index (Phi) is 5.01. The molecule has 1 aliphatic rings. The lowest BCUT2D eigenvalue weighted by Gasteiger charge is -2.13. The van der Waals surface area contributed by atoms with Crippen LogP contribution in [0.4, 0.5) is 5.82 Å². The van der Waals surface area contributed by atoms with E-state index in [0.717, 1.165) is 34.3 Å². The Hall–Kier alpha value is -1.50. The smallest absolute Gasteiger partial charge is 0.173 e. The van der Waals surface area contributed by atoms with Gasteiger partial charge in [-0.1, -0.05) is 6.07 Å². The second kappa shape index (κ2) is 7.40. The highest BCUT2D eigenvalue weighted by atomic mass is 32.1. The summed E-state index contributed by atoms with van der Waals surface area (Å²) in [6.45, 7) is 2.13. The molecule has 2 N–H and O–H groups in total. The average molecular weight is 374 g/mol. The molecule has 0 amide bonds. The highest BCUT2D eigenvalue weighted by Gasteiger charge is 2.21. The summed E-state index contributed by atoms with van der Waals surface area (Å²) >= 11 is 3.59. The van der Waals surface area contributed by atoms with Crippen LogP contribution in [0.3, 0.4) is 0 Å². The second-order valence-corrected chi connectivity index (χ2v) is 9.03. The van der Waals surface area contributed by atoms with E-state index in [1.54, 1.807) is 11.3 Å². The lowest BCUT2D eigenvalue weighted by molar-refractivity contribution is -0.858. The summed E-state index contributed by atoms with van der Waals surface area (Å²) < 4.78 is 0. The minimum Gasteiger partial charge on any atom is -0.369 e. The van der Waals surface area contributed by atoms with E-state index >= 15 is 0 Å². The zero-order chi connectivity index (χ0) is 17.2. The van der Waals surface area contributed by atoms with Crippen molar-refractivity contribution < 1.29 is 4.90 Å². The van der Waals surface area contributed by atoms with Gasteiger partial charge in [-0.15, -0.1) is 22.7 Å². The predicted molar refractivity (Wildman–Crippen MR) is 108 cm³/mol. The maximum absolute atomic E-state index is 4.93. The maximum atomic E-state index is 4.93. The van der Waals surface area contributed by atoms with Crippen molar-refractivity contribution in [1.29, 1.82) is 0 Å². The van der Waals surface area contributed by atoms with E-state index in [1.807, 2.05) is 11.3 Å². The Morgan fingerprint density at radius 3 is 2.88 bits per heavy atom. The molecule has 3 heterocycles. The summed E-state index contributed by atoms with van der Waals surface area (Å²) in [7, 11) is 4.40. The highest BCUT2D eigenvalue weighted by molar-refractivity contribution is 7.19. The van der Waals surface area contributed by atoms with Crippen LogP contribution >= 0.6 is 22.7 Å². The molecular weight excluding hydrogens is 348 g/mol. The molecule has 0 atom stereocenters. The fraction of sp³-hybridized carbons (Fsp3) is 0.474. The molecule has 1 aliphatic carbocycles. The first-order valence-corrected chi connectivity index (χ1v) is 10.8. The number of rotatable bonds is 6. The van der Waals surface area contributed by atoms with Gasteiger partial charge in [-0.3, -0.25) is 0 Å². The number of aromatic nitrogens is 2. The molecule has 6 heteroatoms. The van der Waals surface area contributed by atoms with E-state index in [4.69, 9.17) is 9.97 Å². The van der Waals surface area contributed by atoms with E-state index in [0.29, 0.717) is 0 Å². The van der Waals surface area contributed by atoms with Crippen molar-refractivity contribution in [3.63, 3.8) is 0 Å². The van der Waals surface area contributed by atoms with Crippen LogP contribution in [0.1, 0.15) is 29.7 Å². The van der Waals surface area contributed by atoms with Gasteiger partial charge in [0.25, 0.3) is 0 Å². The van der Waals surface area contributed by atoms with Gasteiger partial charge in [0.1, 0.15) is 10.6 Å². The molecular formula is C19H25N4S2+. The van der Waals surface area contributed by atoms with Gasteiger partial charge >= 0.3 is 0 Å². The first-order chi connectivity index (χ1) is 12.2. The van der Waals surface area contributed by atoms with Gasteiger partial charge in [-0.05, 0) is 42.7 Å². The van der Waals surface area contributed by atoms with Gasteiger partial charge in [-0.25, -0.2) is 9.97 Å². The highest BCUT2D eigenvalue weighted by Crippen LogP contribution is 2.39. The van der Waals surface area contributed by atoms with Gasteiger partial charge in [-0.2, -0.15) is 0 Å². The van der Waals surface area contributed by atoms with Crippen LogP contribution in [0.15, 0.2) is 17.5 Å². The van der Waals surface area contributed by atoms with Crippen LogP contribution in [0.5, 0.6) is 0 Å². The molecule has 0 unspecified atom stereocenters. The third-order valence-corrected chi connectivity index (χ3v) is 6.75. The Bertz CT molecular complexity index is 852. The van der Waals surface area contributed by atoms with Crippen LogP contribution in [0.25, 0.3) is 20.9 Å². The molecule has 0 fully saturated rings. The molecule has 3 aromatic heterocycles. The van der Waals surface area contributed by atoms with Gasteiger partial charge in [0, 0.05) is 17.8 Å². The number of nitrogens with one attached hydrogen (secondary N) is 2. The summed E-state index contributed by atoms with van der Waals surface area (Å²) in [4.78, 5) is 15.2. The predicted octanol–water partition coefficient (Wildman–Crippen LogP) is 3.25. The Morgan fingerprint density at radius 1 is 1.20 bits per heavy atom. The second-order valence-electron chi connectivity index (χ2n) is 7.00. The van der Waals surface area contributed by atoms with E-state index in [2.05, 4.69) is 36.9 Å². The number of aryl methyl sites for hydroxylation is 2. The molecule has 0 spiro atoms. The standard InChI is InChI=1S/C19H24N4S2/c1-23(2)11-6-10-20-18-16-13-7-3-4-8-14(13)25-19(16)22-17(21-18)15-9-5-12-24-15/h5,9,12H,3-4,6-8,10-11H2,1-2H3,(H,20,21,22)/p+1. The van der Waals surface area contributed by atoms with Crippen LogP contribution < -0.4 is 10.2 Å². The van der Waals surface area contributed by atoms with Crippen molar-refractivity contribution in [3.05, 3.63) is 28.0 Å². The molecule has 0 aliphatic heterocycles. The van der Waals surface area contributed by atoms with Gasteiger partial charge in [0.05, 0.1) is 30.9 Å². The largest absolute Gasteiger partial charge is 0.369 e. The molecule has 0 radical (unpaired) electrons. The number of hydrogen-bond acceptors (Lipinski definition) is 5. The van der Waals surface area contributed by atoms with E-state index < -0.39 is 0 Å². The molecule has 4 rings (SSSR count). The molecule has 0 aromatic carbocycles. The monoisotopic (exact) mass is 373 g/mol. The van der Waals surface area contributed by atoms with Crippen molar-refractivity contribution >= 4 is 38.7 Å². The Morgan fingerprint density at radius 2 is 2.08 bits per heavy atom.